The summed E-state index contributed by atoms with van der Waals surface area (Å²) < 4.78 is 45.7. The third kappa shape index (κ3) is 6.03. The van der Waals surface area contributed by atoms with Crippen molar-refractivity contribution in [3.05, 3.63) is 104 Å². The summed E-state index contributed by atoms with van der Waals surface area (Å²) in [6.07, 6.45) is -4.62. The van der Waals surface area contributed by atoms with Crippen molar-refractivity contribution in [1.29, 1.82) is 0 Å². The van der Waals surface area contributed by atoms with E-state index in [1.807, 2.05) is 0 Å². The number of aromatic hydroxyl groups is 1. The third-order valence-corrected chi connectivity index (χ3v) is 10.3. The second-order valence-corrected chi connectivity index (χ2v) is 12.8. The first-order valence-electron chi connectivity index (χ1n) is 14.2. The minimum absolute atomic E-state index is 0.0372. The van der Waals surface area contributed by atoms with Gasteiger partial charge in [0.05, 0.1) is 34.4 Å². The van der Waals surface area contributed by atoms with Gasteiger partial charge in [0, 0.05) is 16.5 Å². The molecule has 4 aromatic rings. The number of phenolic OH excluding ortho intramolecular Hbond substituents is 1. The van der Waals surface area contributed by atoms with Crippen molar-refractivity contribution in [2.24, 2.45) is 5.92 Å². The number of phenols is 1. The van der Waals surface area contributed by atoms with E-state index in [0.717, 1.165) is 50.8 Å². The Labute approximate surface area is 272 Å². The molecule has 6 rings (SSSR count). The van der Waals surface area contributed by atoms with Crippen LogP contribution in [0.5, 0.6) is 5.75 Å². The van der Waals surface area contributed by atoms with Gasteiger partial charge in [0.25, 0.3) is 0 Å². The molecule has 3 atom stereocenters. The van der Waals surface area contributed by atoms with Crippen molar-refractivity contribution in [2.75, 3.05) is 16.8 Å². The Morgan fingerprint density at radius 3 is 2.34 bits per heavy atom. The van der Waals surface area contributed by atoms with E-state index < -0.39 is 63.9 Å². The molecule has 0 aliphatic carbocycles. The topological polar surface area (TPSA) is 135 Å². The van der Waals surface area contributed by atoms with Gasteiger partial charge in [-0.1, -0.05) is 41.3 Å². The number of ether oxygens (including phenoxy) is 1. The fraction of sp³-hybridized carbons (Fsp3) is 0.219. The molecule has 1 fully saturated rings. The number of benzene rings is 3. The predicted octanol–water partition coefficient (Wildman–Crippen LogP) is 5.25. The summed E-state index contributed by atoms with van der Waals surface area (Å²) >= 11 is 1.76. The number of nitrogens with one attached hydrogen (secondary N) is 1. The lowest BCUT2D eigenvalue weighted by atomic mass is 9.83. The van der Waals surface area contributed by atoms with Crippen LogP contribution < -0.4 is 15.1 Å². The number of thiazole rings is 1. The van der Waals surface area contributed by atoms with Crippen LogP contribution in [0.25, 0.3) is 0 Å². The maximum absolute atomic E-state index is 14.0. The van der Waals surface area contributed by atoms with Gasteiger partial charge < -0.3 is 15.2 Å². The van der Waals surface area contributed by atoms with Crippen LogP contribution in [0.4, 0.5) is 24.5 Å². The van der Waals surface area contributed by atoms with Crippen LogP contribution >= 0.6 is 23.1 Å². The standard InChI is InChI=1S/C32H24F3N3O7S2/c1-2-45-30(43)17-6-10-20(11-7-17)38-27(41)24-23(16-8-12-21(39)13-9-16)26-29(46-25(24)28(38)42)37(31(44)47-26)15-22(40)36-19-5-3-4-18(14-19)32(33,34)35/h3-14,23-25,39H,2,15H2,1H3,(H,36,40). The average molecular weight is 684 g/mol. The van der Waals surface area contributed by atoms with E-state index in [2.05, 4.69) is 5.32 Å². The van der Waals surface area contributed by atoms with Crippen molar-refractivity contribution < 1.29 is 42.2 Å². The number of hydrogen-bond acceptors (Lipinski definition) is 9. The second kappa shape index (κ2) is 12.4. The van der Waals surface area contributed by atoms with Gasteiger partial charge in [0.1, 0.15) is 17.5 Å². The Kier molecular flexibility index (Phi) is 8.44. The van der Waals surface area contributed by atoms with Gasteiger partial charge in [-0.05, 0) is 67.1 Å². The molecule has 3 amide bonds. The maximum atomic E-state index is 14.0. The van der Waals surface area contributed by atoms with Crippen LogP contribution in [-0.2, 0) is 31.8 Å². The lowest BCUT2D eigenvalue weighted by Crippen LogP contribution is -2.33. The molecule has 15 heteroatoms. The van der Waals surface area contributed by atoms with Crippen LogP contribution in [0.2, 0.25) is 0 Å². The first kappa shape index (κ1) is 32.1. The van der Waals surface area contributed by atoms with E-state index in [4.69, 9.17) is 4.74 Å². The number of nitrogens with zero attached hydrogens (tertiary/aromatic N) is 2. The second-order valence-electron chi connectivity index (χ2n) is 10.7. The van der Waals surface area contributed by atoms with Crippen molar-refractivity contribution in [2.45, 2.75) is 35.8 Å². The highest BCUT2D eigenvalue weighted by Gasteiger charge is 2.56. The molecule has 3 unspecified atom stereocenters. The highest BCUT2D eigenvalue weighted by molar-refractivity contribution is 8.00. The minimum atomic E-state index is -4.62. The van der Waals surface area contributed by atoms with Crippen molar-refractivity contribution in [3.63, 3.8) is 0 Å². The number of carbonyl (C=O) groups is 4. The zero-order valence-electron chi connectivity index (χ0n) is 24.3. The number of anilines is 2. The van der Waals surface area contributed by atoms with E-state index in [0.29, 0.717) is 10.4 Å². The molecule has 1 aromatic heterocycles. The van der Waals surface area contributed by atoms with Gasteiger partial charge in [0.2, 0.25) is 17.7 Å². The molecule has 0 saturated carbocycles. The maximum Gasteiger partial charge on any atom is 0.416 e. The number of fused-ring (bicyclic) bond motifs is 2. The third-order valence-electron chi connectivity index (χ3n) is 7.71. The van der Waals surface area contributed by atoms with Gasteiger partial charge in [-0.15, -0.1) is 0 Å². The highest BCUT2D eigenvalue weighted by Crippen LogP contribution is 2.54. The van der Waals surface area contributed by atoms with Gasteiger partial charge in [-0.25, -0.2) is 9.69 Å². The fourth-order valence-corrected chi connectivity index (χ4v) is 8.40. The molecule has 1 saturated heterocycles. The Hall–Kier alpha value is -4.89. The molecule has 10 nitrogen and oxygen atoms in total. The van der Waals surface area contributed by atoms with Gasteiger partial charge in [-0.3, -0.25) is 23.7 Å². The Morgan fingerprint density at radius 1 is 0.979 bits per heavy atom. The molecule has 0 radical (unpaired) electrons. The summed E-state index contributed by atoms with van der Waals surface area (Å²) in [5.74, 6) is -4.23. The number of thioether (sulfide) groups is 1. The van der Waals surface area contributed by atoms with E-state index in [9.17, 15) is 42.3 Å². The van der Waals surface area contributed by atoms with Crippen molar-refractivity contribution in [3.8, 4) is 5.75 Å². The summed E-state index contributed by atoms with van der Waals surface area (Å²) in [5, 5.41) is 11.6. The van der Waals surface area contributed by atoms with Gasteiger partial charge >= 0.3 is 17.0 Å². The lowest BCUT2D eigenvalue weighted by molar-refractivity contribution is -0.137. The zero-order valence-corrected chi connectivity index (χ0v) is 25.9. The SMILES string of the molecule is CCOC(=O)c1ccc(N2C(=O)C3Sc4c(sc(=O)n4CC(=O)Nc4cccc(C(F)(F)F)c4)C(c4ccc(O)cc4)C3C2=O)cc1. The van der Waals surface area contributed by atoms with E-state index in [1.165, 1.54) is 42.5 Å². The van der Waals surface area contributed by atoms with Crippen LogP contribution in [0, 0.1) is 5.92 Å². The fourth-order valence-electron chi connectivity index (χ4n) is 5.63. The number of imide groups is 1. The summed E-state index contributed by atoms with van der Waals surface area (Å²) in [6, 6.07) is 15.9. The number of hydrogen-bond donors (Lipinski definition) is 2. The number of esters is 1. The molecule has 3 aromatic carbocycles. The molecule has 3 heterocycles. The Bertz CT molecular complexity index is 1960. The predicted molar refractivity (Wildman–Crippen MR) is 167 cm³/mol. The number of carbonyl (C=O) groups excluding carboxylic acids is 4. The molecule has 0 spiro atoms. The van der Waals surface area contributed by atoms with Crippen LogP contribution in [0.15, 0.2) is 82.6 Å². The smallest absolute Gasteiger partial charge is 0.416 e. The van der Waals surface area contributed by atoms with Crippen molar-refractivity contribution >= 4 is 58.2 Å². The highest BCUT2D eigenvalue weighted by atomic mass is 32.2. The summed E-state index contributed by atoms with van der Waals surface area (Å²) in [6.45, 7) is 1.28. The molecule has 2 N–H and O–H groups in total. The van der Waals surface area contributed by atoms with Gasteiger partial charge in [0.15, 0.2) is 0 Å². The van der Waals surface area contributed by atoms with Crippen molar-refractivity contribution in [1.82, 2.24) is 4.57 Å². The minimum Gasteiger partial charge on any atom is -0.508 e. The van der Waals surface area contributed by atoms with E-state index >= 15 is 0 Å². The Morgan fingerprint density at radius 2 is 1.68 bits per heavy atom. The average Bonchev–Trinajstić information content (AvgIpc) is 3.47. The first-order valence-corrected chi connectivity index (χ1v) is 15.9. The van der Waals surface area contributed by atoms with Crippen LogP contribution in [0.3, 0.4) is 0 Å². The van der Waals surface area contributed by atoms with Crippen LogP contribution in [-0.4, -0.2) is 45.2 Å². The number of alkyl halides is 3. The number of rotatable bonds is 7. The largest absolute Gasteiger partial charge is 0.508 e. The number of amides is 3. The van der Waals surface area contributed by atoms with Crippen LogP contribution in [0.1, 0.15) is 39.2 Å². The normalized spacial score (nSPS) is 18.9. The summed E-state index contributed by atoms with van der Waals surface area (Å²) in [4.78, 5) is 67.3. The molecule has 242 valence electrons. The zero-order chi connectivity index (χ0) is 33.6. The quantitative estimate of drug-likeness (QED) is 0.200. The molecular formula is C32H24F3N3O7S2. The van der Waals surface area contributed by atoms with Gasteiger partial charge in [-0.2, -0.15) is 13.2 Å². The summed E-state index contributed by atoms with van der Waals surface area (Å²) in [7, 11) is 0. The summed E-state index contributed by atoms with van der Waals surface area (Å²) in [5.41, 5.74) is -0.0605. The molecule has 0 bridgehead atoms. The lowest BCUT2D eigenvalue weighted by Gasteiger charge is -2.30. The van der Waals surface area contributed by atoms with E-state index in [-0.39, 0.29) is 34.3 Å². The Balaban J connectivity index is 1.35. The molecule has 47 heavy (non-hydrogen) atoms. The number of aromatic nitrogens is 1. The van der Waals surface area contributed by atoms with E-state index in [1.54, 1.807) is 19.1 Å². The molecule has 2 aliphatic heterocycles. The molecule has 2 aliphatic rings. The monoisotopic (exact) mass is 683 g/mol. The first-order chi connectivity index (χ1) is 22.4. The number of halogens is 3. The molecular weight excluding hydrogens is 659 g/mol.